The van der Waals surface area contributed by atoms with Crippen LogP contribution in [0.3, 0.4) is 0 Å². The van der Waals surface area contributed by atoms with Crippen LogP contribution in [0.15, 0.2) is 60.7 Å². The molecule has 3 heteroatoms. The second kappa shape index (κ2) is 5.23. The fourth-order valence-electron chi connectivity index (χ4n) is 6.39. The molecule has 2 bridgehead atoms. The van der Waals surface area contributed by atoms with Gasteiger partial charge >= 0.3 is 0 Å². The van der Waals surface area contributed by atoms with Gasteiger partial charge in [-0.25, -0.2) is 0 Å². The van der Waals surface area contributed by atoms with E-state index in [0.29, 0.717) is 5.41 Å². The Morgan fingerprint density at radius 1 is 0.750 bits per heavy atom. The molecule has 0 N–H and O–H groups in total. The Morgan fingerprint density at radius 2 is 1.46 bits per heavy atom. The van der Waals surface area contributed by atoms with Crippen LogP contribution in [0.1, 0.15) is 37.7 Å². The zero-order valence-electron chi connectivity index (χ0n) is 15.8. The molecular formula is C25H21BO2. The van der Waals surface area contributed by atoms with Crippen molar-refractivity contribution in [3.05, 3.63) is 66.2 Å². The Kier molecular flexibility index (Phi) is 2.85. The molecule has 4 aliphatic rings. The lowest BCUT2D eigenvalue weighted by Crippen LogP contribution is -2.57. The van der Waals surface area contributed by atoms with Crippen LogP contribution >= 0.6 is 0 Å². The highest BCUT2D eigenvalue weighted by atomic mass is 16.5. The molecule has 0 radical (unpaired) electrons. The van der Waals surface area contributed by atoms with E-state index in [4.69, 9.17) is 9.47 Å². The minimum absolute atomic E-state index is 0.190. The van der Waals surface area contributed by atoms with Gasteiger partial charge in [0.05, 0.1) is 0 Å². The number of ether oxygens (including phenoxy) is 2. The molecule has 0 amide bonds. The van der Waals surface area contributed by atoms with Crippen molar-refractivity contribution in [3.8, 4) is 23.0 Å². The van der Waals surface area contributed by atoms with Crippen LogP contribution < -0.4 is 25.9 Å². The summed E-state index contributed by atoms with van der Waals surface area (Å²) in [7, 11) is 0. The predicted molar refractivity (Wildman–Crippen MR) is 112 cm³/mol. The third kappa shape index (κ3) is 1.85. The maximum atomic E-state index is 6.65. The number of fused-ring (bicyclic) bond motifs is 6. The number of rotatable bonds is 1. The average Bonchev–Trinajstić information content (AvgIpc) is 3.35. The predicted octanol–water partition coefficient (Wildman–Crippen LogP) is 4.25. The molecule has 2 saturated carbocycles. The summed E-state index contributed by atoms with van der Waals surface area (Å²) in [5, 5.41) is 0. The topological polar surface area (TPSA) is 18.5 Å². The van der Waals surface area contributed by atoms with E-state index in [1.165, 1.54) is 54.1 Å². The lowest BCUT2D eigenvalue weighted by molar-refractivity contribution is 0.394. The van der Waals surface area contributed by atoms with Crippen LogP contribution in [0.2, 0.25) is 0 Å². The van der Waals surface area contributed by atoms with E-state index in [9.17, 15) is 0 Å². The van der Waals surface area contributed by atoms with Crippen molar-refractivity contribution >= 4 is 23.1 Å². The molecule has 0 atom stereocenters. The van der Waals surface area contributed by atoms with Gasteiger partial charge in [0.2, 0.25) is 0 Å². The molecule has 2 aliphatic heterocycles. The Bertz CT molecular complexity index is 1130. The molecule has 2 heterocycles. The van der Waals surface area contributed by atoms with Gasteiger partial charge in [0.1, 0.15) is 23.0 Å². The monoisotopic (exact) mass is 364 g/mol. The zero-order valence-corrected chi connectivity index (χ0v) is 15.8. The first-order chi connectivity index (χ1) is 13.8. The molecule has 136 valence electrons. The van der Waals surface area contributed by atoms with Gasteiger partial charge in [-0.05, 0) is 72.6 Å². The molecule has 0 unspecified atom stereocenters. The molecular weight excluding hydrogens is 343 g/mol. The van der Waals surface area contributed by atoms with E-state index in [1.54, 1.807) is 0 Å². The van der Waals surface area contributed by atoms with Crippen molar-refractivity contribution < 1.29 is 9.47 Å². The summed E-state index contributed by atoms with van der Waals surface area (Å²) >= 11 is 0. The van der Waals surface area contributed by atoms with Gasteiger partial charge in [0.25, 0.3) is 6.71 Å². The summed E-state index contributed by atoms with van der Waals surface area (Å²) in [5.41, 5.74) is 5.51. The average molecular weight is 364 g/mol. The third-order valence-electron chi connectivity index (χ3n) is 7.65. The van der Waals surface area contributed by atoms with Crippen molar-refractivity contribution in [3.63, 3.8) is 0 Å². The summed E-state index contributed by atoms with van der Waals surface area (Å²) < 4.78 is 12.9. The number of para-hydroxylation sites is 2. The van der Waals surface area contributed by atoms with Gasteiger partial charge in [-0.3, -0.25) is 0 Å². The van der Waals surface area contributed by atoms with Crippen molar-refractivity contribution in [2.24, 2.45) is 5.92 Å². The minimum atomic E-state index is 0.190. The molecule has 3 aromatic carbocycles. The molecule has 0 spiro atoms. The lowest BCUT2D eigenvalue weighted by atomic mass is 9.34. The van der Waals surface area contributed by atoms with Gasteiger partial charge in [0.15, 0.2) is 0 Å². The fourth-order valence-corrected chi connectivity index (χ4v) is 6.39. The Hall–Kier alpha value is -2.68. The maximum absolute atomic E-state index is 6.65. The molecule has 0 aromatic heterocycles. The lowest BCUT2D eigenvalue weighted by Gasteiger charge is -2.36. The van der Waals surface area contributed by atoms with E-state index in [1.807, 2.05) is 6.07 Å². The first-order valence-electron chi connectivity index (χ1n) is 10.5. The highest BCUT2D eigenvalue weighted by Gasteiger charge is 2.49. The standard InChI is InChI=1S/C25H21BO2/c1-2-8-20-18(6-1)26-19-7-3-5-17(25-13-11-16(15-25)12-14-25)24(19)28-22-10-4-9-21(27-20)23(22)26/h1-10,16H,11-15H2. The van der Waals surface area contributed by atoms with Crippen molar-refractivity contribution in [2.45, 2.75) is 37.5 Å². The highest BCUT2D eigenvalue weighted by Crippen LogP contribution is 2.57. The fraction of sp³-hybridized carbons (Fsp3) is 0.280. The van der Waals surface area contributed by atoms with Crippen LogP contribution in [-0.2, 0) is 5.41 Å². The molecule has 2 aliphatic carbocycles. The first kappa shape index (κ1) is 15.3. The third-order valence-corrected chi connectivity index (χ3v) is 7.65. The summed E-state index contributed by atoms with van der Waals surface area (Å²) in [5.74, 6) is 4.90. The van der Waals surface area contributed by atoms with Crippen molar-refractivity contribution in [1.82, 2.24) is 0 Å². The van der Waals surface area contributed by atoms with Gasteiger partial charge in [-0.15, -0.1) is 0 Å². The summed E-state index contributed by atoms with van der Waals surface area (Å²) in [6.07, 6.45) is 6.72. The largest absolute Gasteiger partial charge is 0.458 e. The number of benzene rings is 3. The van der Waals surface area contributed by atoms with Crippen LogP contribution in [0.5, 0.6) is 23.0 Å². The minimum Gasteiger partial charge on any atom is -0.458 e. The van der Waals surface area contributed by atoms with Gasteiger partial charge in [0, 0.05) is 11.0 Å². The smallest absolute Gasteiger partial charge is 0.260 e. The summed E-state index contributed by atoms with van der Waals surface area (Å²) in [6, 6.07) is 21.5. The van der Waals surface area contributed by atoms with E-state index >= 15 is 0 Å². The van der Waals surface area contributed by atoms with E-state index in [0.717, 1.165) is 28.9 Å². The first-order valence-corrected chi connectivity index (χ1v) is 10.5. The van der Waals surface area contributed by atoms with Crippen LogP contribution in [0.25, 0.3) is 0 Å². The van der Waals surface area contributed by atoms with Crippen molar-refractivity contribution in [2.75, 3.05) is 0 Å². The van der Waals surface area contributed by atoms with Crippen molar-refractivity contribution in [1.29, 1.82) is 0 Å². The second-order valence-electron chi connectivity index (χ2n) is 8.99. The second-order valence-corrected chi connectivity index (χ2v) is 8.99. The van der Waals surface area contributed by atoms with Crippen LogP contribution in [0, 0.1) is 5.92 Å². The normalized spacial score (nSPS) is 25.4. The van der Waals surface area contributed by atoms with Gasteiger partial charge in [-0.1, -0.05) is 42.5 Å². The molecule has 7 rings (SSSR count). The Morgan fingerprint density at radius 3 is 2.29 bits per heavy atom. The van der Waals surface area contributed by atoms with Gasteiger partial charge in [-0.2, -0.15) is 0 Å². The molecule has 2 fully saturated rings. The molecule has 2 nitrogen and oxygen atoms in total. The quantitative estimate of drug-likeness (QED) is 0.414. The Labute approximate surface area is 165 Å². The number of hydrogen-bond donors (Lipinski definition) is 0. The van der Waals surface area contributed by atoms with Gasteiger partial charge < -0.3 is 9.47 Å². The maximum Gasteiger partial charge on any atom is 0.260 e. The van der Waals surface area contributed by atoms with E-state index in [-0.39, 0.29) is 6.71 Å². The number of hydrogen-bond acceptors (Lipinski definition) is 2. The zero-order chi connectivity index (χ0) is 18.3. The Balaban J connectivity index is 1.50. The molecule has 28 heavy (non-hydrogen) atoms. The van der Waals surface area contributed by atoms with E-state index in [2.05, 4.69) is 54.6 Å². The summed E-state index contributed by atoms with van der Waals surface area (Å²) in [4.78, 5) is 0. The van der Waals surface area contributed by atoms with Crippen LogP contribution in [-0.4, -0.2) is 6.71 Å². The highest BCUT2D eigenvalue weighted by molar-refractivity contribution is 6.98. The SMILES string of the molecule is c1ccc2c(c1)Oc1cccc3c1B2c1cccc(C24CCC(CC2)C4)c1O3. The van der Waals surface area contributed by atoms with E-state index < -0.39 is 0 Å². The molecule has 3 aromatic rings. The van der Waals surface area contributed by atoms with Crippen LogP contribution in [0.4, 0.5) is 0 Å². The molecule has 0 saturated heterocycles. The summed E-state index contributed by atoms with van der Waals surface area (Å²) in [6.45, 7) is 0.190.